The monoisotopic (exact) mass is 237 g/mol. The second-order valence-electron chi connectivity index (χ2n) is 4.15. The highest BCUT2D eigenvalue weighted by Crippen LogP contribution is 2.27. The molecule has 0 spiro atoms. The van der Waals surface area contributed by atoms with Gasteiger partial charge in [-0.1, -0.05) is 23.7 Å². The van der Waals surface area contributed by atoms with Crippen LogP contribution >= 0.6 is 11.6 Å². The highest BCUT2D eigenvalue weighted by molar-refractivity contribution is 6.31. The Morgan fingerprint density at radius 3 is 2.88 bits per heavy atom. The molecule has 1 aromatic rings. The molecule has 0 saturated heterocycles. The lowest BCUT2D eigenvalue weighted by Gasteiger charge is -2.20. The summed E-state index contributed by atoms with van der Waals surface area (Å²) in [5.41, 5.74) is 9.52. The van der Waals surface area contributed by atoms with Crippen molar-refractivity contribution in [2.24, 2.45) is 5.73 Å². The van der Waals surface area contributed by atoms with Crippen LogP contribution in [-0.4, -0.2) is 6.61 Å². The Labute approximate surface area is 101 Å². The van der Waals surface area contributed by atoms with E-state index in [2.05, 4.69) is 0 Å². The molecule has 1 unspecified atom stereocenters. The molecular weight excluding hydrogens is 222 g/mol. The summed E-state index contributed by atoms with van der Waals surface area (Å²) in [4.78, 5) is 0. The predicted octanol–water partition coefficient (Wildman–Crippen LogP) is 3.34. The van der Waals surface area contributed by atoms with Crippen LogP contribution in [0.3, 0.4) is 0 Å². The second-order valence-corrected chi connectivity index (χ2v) is 4.56. The molecule has 0 amide bonds. The van der Waals surface area contributed by atoms with Gasteiger partial charge in [-0.3, -0.25) is 0 Å². The van der Waals surface area contributed by atoms with E-state index < -0.39 is 0 Å². The van der Waals surface area contributed by atoms with E-state index in [9.17, 15) is 0 Å². The summed E-state index contributed by atoms with van der Waals surface area (Å²) in [6.45, 7) is 2.79. The molecule has 0 fully saturated rings. The van der Waals surface area contributed by atoms with Crippen LogP contribution in [0.15, 0.2) is 30.0 Å². The minimum Gasteiger partial charge on any atom is -0.501 e. The lowest BCUT2D eigenvalue weighted by molar-refractivity contribution is 0.221. The van der Waals surface area contributed by atoms with Crippen LogP contribution in [0, 0.1) is 6.92 Å². The average molecular weight is 238 g/mol. The van der Waals surface area contributed by atoms with E-state index in [4.69, 9.17) is 22.1 Å². The van der Waals surface area contributed by atoms with Crippen molar-refractivity contribution in [3.05, 3.63) is 46.2 Å². The summed E-state index contributed by atoms with van der Waals surface area (Å²) in [7, 11) is 0. The number of benzene rings is 1. The molecule has 86 valence electrons. The lowest BCUT2D eigenvalue weighted by Crippen LogP contribution is -2.16. The standard InChI is InChI=1S/C13H16ClNO/c1-9-7-10(4-5-12(9)14)13(15)11-3-2-6-16-8-11/h4-5,7-8,13H,2-3,6,15H2,1H3. The van der Waals surface area contributed by atoms with Crippen molar-refractivity contribution in [3.63, 3.8) is 0 Å². The topological polar surface area (TPSA) is 35.2 Å². The number of aryl methyl sites for hydroxylation is 1. The van der Waals surface area contributed by atoms with Gasteiger partial charge in [0.05, 0.1) is 18.9 Å². The molecule has 0 aromatic heterocycles. The van der Waals surface area contributed by atoms with E-state index in [0.717, 1.165) is 41.2 Å². The third-order valence-corrected chi connectivity index (χ3v) is 3.33. The summed E-state index contributed by atoms with van der Waals surface area (Å²) in [6.07, 6.45) is 3.87. The maximum atomic E-state index is 6.20. The van der Waals surface area contributed by atoms with Gasteiger partial charge in [0, 0.05) is 5.02 Å². The van der Waals surface area contributed by atoms with Crippen LogP contribution in [0.4, 0.5) is 0 Å². The Bertz CT molecular complexity index is 414. The number of ether oxygens (including phenoxy) is 1. The summed E-state index contributed by atoms with van der Waals surface area (Å²) in [5.74, 6) is 0. The molecular formula is C13H16ClNO. The van der Waals surface area contributed by atoms with Gasteiger partial charge in [0.2, 0.25) is 0 Å². The second kappa shape index (κ2) is 4.89. The molecule has 1 heterocycles. The Balaban J connectivity index is 2.22. The number of rotatable bonds is 2. The Hall–Kier alpha value is -0.990. The highest BCUT2D eigenvalue weighted by atomic mass is 35.5. The van der Waals surface area contributed by atoms with Gasteiger partial charge in [-0.15, -0.1) is 0 Å². The minimum atomic E-state index is -0.0729. The van der Waals surface area contributed by atoms with Gasteiger partial charge in [0.15, 0.2) is 0 Å². The van der Waals surface area contributed by atoms with Gasteiger partial charge < -0.3 is 10.5 Å². The zero-order valence-corrected chi connectivity index (χ0v) is 10.1. The van der Waals surface area contributed by atoms with Gasteiger partial charge in [0.25, 0.3) is 0 Å². The highest BCUT2D eigenvalue weighted by Gasteiger charge is 2.15. The van der Waals surface area contributed by atoms with Crippen LogP contribution in [0.5, 0.6) is 0 Å². The molecule has 0 aliphatic carbocycles. The molecule has 0 bridgehead atoms. The van der Waals surface area contributed by atoms with Crippen molar-refractivity contribution in [1.29, 1.82) is 0 Å². The number of nitrogens with two attached hydrogens (primary N) is 1. The summed E-state index contributed by atoms with van der Waals surface area (Å²) in [5, 5.41) is 0.782. The van der Waals surface area contributed by atoms with Gasteiger partial charge in [0.1, 0.15) is 0 Å². The number of hydrogen-bond donors (Lipinski definition) is 1. The smallest absolute Gasteiger partial charge is 0.0876 e. The SMILES string of the molecule is Cc1cc(C(N)C2=COCCC2)ccc1Cl. The molecule has 1 atom stereocenters. The molecule has 1 aliphatic rings. The normalized spacial score (nSPS) is 17.6. The average Bonchev–Trinajstić information content (AvgIpc) is 2.33. The van der Waals surface area contributed by atoms with Gasteiger partial charge >= 0.3 is 0 Å². The number of halogens is 1. The van der Waals surface area contributed by atoms with Crippen molar-refractivity contribution >= 4 is 11.6 Å². The van der Waals surface area contributed by atoms with Crippen molar-refractivity contribution in [3.8, 4) is 0 Å². The van der Waals surface area contributed by atoms with Gasteiger partial charge in [-0.2, -0.15) is 0 Å². The third kappa shape index (κ3) is 2.39. The van der Waals surface area contributed by atoms with E-state index >= 15 is 0 Å². The van der Waals surface area contributed by atoms with Gasteiger partial charge in [-0.05, 0) is 42.5 Å². The zero-order chi connectivity index (χ0) is 11.5. The first kappa shape index (κ1) is 11.5. The van der Waals surface area contributed by atoms with E-state index in [1.807, 2.05) is 25.1 Å². The third-order valence-electron chi connectivity index (χ3n) is 2.90. The maximum Gasteiger partial charge on any atom is 0.0876 e. The maximum absolute atomic E-state index is 6.20. The fourth-order valence-corrected chi connectivity index (χ4v) is 2.01. The van der Waals surface area contributed by atoms with E-state index in [1.54, 1.807) is 6.26 Å². The Morgan fingerprint density at radius 1 is 1.44 bits per heavy atom. The largest absolute Gasteiger partial charge is 0.501 e. The fraction of sp³-hybridized carbons (Fsp3) is 0.385. The molecule has 2 rings (SSSR count). The van der Waals surface area contributed by atoms with Crippen LogP contribution in [-0.2, 0) is 4.74 Å². The predicted molar refractivity (Wildman–Crippen MR) is 66.4 cm³/mol. The summed E-state index contributed by atoms with van der Waals surface area (Å²) in [6, 6.07) is 5.85. The molecule has 2 N–H and O–H groups in total. The summed E-state index contributed by atoms with van der Waals surface area (Å²) < 4.78 is 5.31. The van der Waals surface area contributed by atoms with Gasteiger partial charge in [-0.25, -0.2) is 0 Å². The van der Waals surface area contributed by atoms with Crippen molar-refractivity contribution in [2.45, 2.75) is 25.8 Å². The van der Waals surface area contributed by atoms with Crippen LogP contribution in [0.1, 0.15) is 30.0 Å². The van der Waals surface area contributed by atoms with Crippen LogP contribution in [0.2, 0.25) is 5.02 Å². The lowest BCUT2D eigenvalue weighted by atomic mass is 9.95. The van der Waals surface area contributed by atoms with E-state index in [1.165, 1.54) is 0 Å². The first-order valence-electron chi connectivity index (χ1n) is 5.50. The first-order valence-corrected chi connectivity index (χ1v) is 5.88. The molecule has 0 radical (unpaired) electrons. The first-order chi connectivity index (χ1) is 7.68. The fourth-order valence-electron chi connectivity index (χ4n) is 1.89. The zero-order valence-electron chi connectivity index (χ0n) is 9.37. The Kier molecular flexibility index (Phi) is 3.52. The minimum absolute atomic E-state index is 0.0729. The number of hydrogen-bond acceptors (Lipinski definition) is 2. The quantitative estimate of drug-likeness (QED) is 0.856. The molecule has 0 saturated carbocycles. The molecule has 2 nitrogen and oxygen atoms in total. The van der Waals surface area contributed by atoms with Crippen molar-refractivity contribution < 1.29 is 4.74 Å². The van der Waals surface area contributed by atoms with Crippen LogP contribution in [0.25, 0.3) is 0 Å². The Morgan fingerprint density at radius 2 is 2.25 bits per heavy atom. The van der Waals surface area contributed by atoms with E-state index in [-0.39, 0.29) is 6.04 Å². The van der Waals surface area contributed by atoms with Crippen molar-refractivity contribution in [1.82, 2.24) is 0 Å². The van der Waals surface area contributed by atoms with Crippen molar-refractivity contribution in [2.75, 3.05) is 6.61 Å². The summed E-state index contributed by atoms with van der Waals surface area (Å²) >= 11 is 5.99. The van der Waals surface area contributed by atoms with E-state index in [0.29, 0.717) is 0 Å². The molecule has 1 aliphatic heterocycles. The molecule has 1 aromatic carbocycles. The molecule has 16 heavy (non-hydrogen) atoms. The molecule has 3 heteroatoms. The van der Waals surface area contributed by atoms with Crippen LogP contribution < -0.4 is 5.73 Å².